The summed E-state index contributed by atoms with van der Waals surface area (Å²) in [5.41, 5.74) is 1.32. The Morgan fingerprint density at radius 1 is 0.955 bits per heavy atom. The average molecular weight is 314 g/mol. The van der Waals surface area contributed by atoms with Crippen LogP contribution in [0.1, 0.15) is 13.8 Å². The molecule has 0 saturated carbocycles. The second-order valence-corrected chi connectivity index (χ2v) is 6.24. The Morgan fingerprint density at radius 2 is 1.59 bits per heavy atom. The number of benzene rings is 2. The maximum Gasteiger partial charge on any atom is 0.237 e. The molecule has 0 fully saturated rings. The zero-order valence-electron chi connectivity index (χ0n) is 12.5. The molecule has 114 valence electrons. The minimum atomic E-state index is -0.216. The third kappa shape index (κ3) is 4.93. The van der Waals surface area contributed by atoms with Gasteiger partial charge in [-0.2, -0.15) is 0 Å². The topological polar surface area (TPSA) is 58.2 Å². The number of rotatable bonds is 5. The largest absolute Gasteiger partial charge is 0.326 e. The first-order valence-corrected chi connectivity index (χ1v) is 7.83. The normalized spacial score (nSPS) is 11.5. The number of nitrogens with one attached hydrogen (secondary N) is 2. The Morgan fingerprint density at radius 3 is 2.23 bits per heavy atom. The predicted molar refractivity (Wildman–Crippen MR) is 91.1 cm³/mol. The van der Waals surface area contributed by atoms with Crippen LogP contribution < -0.4 is 10.6 Å². The Labute approximate surface area is 134 Å². The lowest BCUT2D eigenvalue weighted by Crippen LogP contribution is -2.22. The number of amides is 2. The van der Waals surface area contributed by atoms with E-state index in [0.717, 1.165) is 4.90 Å². The summed E-state index contributed by atoms with van der Waals surface area (Å²) in [5, 5.41) is 5.34. The molecule has 2 aromatic carbocycles. The number of carbonyl (C=O) groups excluding carboxylic acids is 2. The van der Waals surface area contributed by atoms with Gasteiger partial charge in [-0.25, -0.2) is 0 Å². The molecule has 0 spiro atoms. The van der Waals surface area contributed by atoms with Crippen molar-refractivity contribution in [2.45, 2.75) is 24.0 Å². The minimum Gasteiger partial charge on any atom is -0.326 e. The second kappa shape index (κ2) is 7.66. The number of anilines is 2. The van der Waals surface area contributed by atoms with Gasteiger partial charge >= 0.3 is 0 Å². The molecule has 0 saturated heterocycles. The molecule has 22 heavy (non-hydrogen) atoms. The van der Waals surface area contributed by atoms with E-state index in [-0.39, 0.29) is 17.1 Å². The van der Waals surface area contributed by atoms with Crippen molar-refractivity contribution < 1.29 is 9.59 Å². The molecule has 5 heteroatoms. The summed E-state index contributed by atoms with van der Waals surface area (Å²) in [7, 11) is 0. The van der Waals surface area contributed by atoms with Gasteiger partial charge in [0.05, 0.1) is 5.25 Å². The molecular weight excluding hydrogens is 296 g/mol. The quantitative estimate of drug-likeness (QED) is 0.826. The van der Waals surface area contributed by atoms with Crippen molar-refractivity contribution in [1.29, 1.82) is 0 Å². The number of hydrogen-bond acceptors (Lipinski definition) is 3. The molecular formula is C17H18N2O2S. The van der Waals surface area contributed by atoms with Gasteiger partial charge in [0.25, 0.3) is 0 Å². The fraction of sp³-hybridized carbons (Fsp3) is 0.176. The Balaban J connectivity index is 1.97. The molecule has 0 bridgehead atoms. The molecule has 1 atom stereocenters. The van der Waals surface area contributed by atoms with Crippen LogP contribution in [0, 0.1) is 0 Å². The number of carbonyl (C=O) groups is 2. The van der Waals surface area contributed by atoms with Gasteiger partial charge in [0.2, 0.25) is 11.8 Å². The predicted octanol–water partition coefficient (Wildman–Crippen LogP) is 3.76. The van der Waals surface area contributed by atoms with Crippen LogP contribution in [-0.2, 0) is 9.59 Å². The summed E-state index contributed by atoms with van der Waals surface area (Å²) in [5.74, 6) is -0.217. The smallest absolute Gasteiger partial charge is 0.237 e. The molecule has 2 N–H and O–H groups in total. The average Bonchev–Trinajstić information content (AvgIpc) is 2.48. The fourth-order valence-corrected chi connectivity index (χ4v) is 2.77. The number of thioether (sulfide) groups is 1. The molecule has 0 aliphatic carbocycles. The molecule has 2 rings (SSSR count). The van der Waals surface area contributed by atoms with Gasteiger partial charge in [-0.3, -0.25) is 9.59 Å². The van der Waals surface area contributed by atoms with E-state index < -0.39 is 0 Å². The van der Waals surface area contributed by atoms with Crippen LogP contribution in [0.2, 0.25) is 0 Å². The molecule has 2 aromatic rings. The van der Waals surface area contributed by atoms with Gasteiger partial charge < -0.3 is 10.6 Å². The van der Waals surface area contributed by atoms with E-state index in [2.05, 4.69) is 10.6 Å². The third-order valence-electron chi connectivity index (χ3n) is 2.88. The molecule has 2 amide bonds. The highest BCUT2D eigenvalue weighted by Gasteiger charge is 2.14. The van der Waals surface area contributed by atoms with Crippen LogP contribution in [0.25, 0.3) is 0 Å². The first-order valence-electron chi connectivity index (χ1n) is 6.95. The van der Waals surface area contributed by atoms with Gasteiger partial charge in [-0.1, -0.05) is 24.3 Å². The van der Waals surface area contributed by atoms with Crippen LogP contribution in [0.4, 0.5) is 11.4 Å². The zero-order chi connectivity index (χ0) is 15.9. The van der Waals surface area contributed by atoms with Gasteiger partial charge in [-0.05, 0) is 37.3 Å². The maximum absolute atomic E-state index is 12.2. The van der Waals surface area contributed by atoms with E-state index in [1.807, 2.05) is 37.3 Å². The molecule has 0 aliphatic rings. The van der Waals surface area contributed by atoms with E-state index in [1.165, 1.54) is 18.7 Å². The SMILES string of the molecule is CC(=O)Nc1cccc(NC(=O)[C@H](C)Sc2ccccc2)c1. The molecule has 0 heterocycles. The lowest BCUT2D eigenvalue weighted by molar-refractivity contribution is -0.115. The summed E-state index contributed by atoms with van der Waals surface area (Å²) in [6, 6.07) is 16.9. The van der Waals surface area contributed by atoms with Crippen molar-refractivity contribution in [1.82, 2.24) is 0 Å². The Kier molecular flexibility index (Phi) is 5.61. The summed E-state index contributed by atoms with van der Waals surface area (Å²) < 4.78 is 0. The molecule has 0 radical (unpaired) electrons. The molecule has 0 unspecified atom stereocenters. The van der Waals surface area contributed by atoms with Crippen LogP contribution in [0.5, 0.6) is 0 Å². The summed E-state index contributed by atoms with van der Waals surface area (Å²) in [4.78, 5) is 24.3. The lowest BCUT2D eigenvalue weighted by Gasteiger charge is -2.13. The lowest BCUT2D eigenvalue weighted by atomic mass is 10.2. The summed E-state index contributed by atoms with van der Waals surface area (Å²) >= 11 is 1.50. The van der Waals surface area contributed by atoms with Gasteiger partial charge in [0, 0.05) is 23.2 Å². The Hall–Kier alpha value is -2.27. The minimum absolute atomic E-state index is 0.0752. The van der Waals surface area contributed by atoms with Crippen LogP contribution in [-0.4, -0.2) is 17.1 Å². The monoisotopic (exact) mass is 314 g/mol. The highest BCUT2D eigenvalue weighted by molar-refractivity contribution is 8.00. The van der Waals surface area contributed by atoms with Crippen LogP contribution >= 0.6 is 11.8 Å². The molecule has 0 aliphatic heterocycles. The Bertz CT molecular complexity index is 659. The van der Waals surface area contributed by atoms with Crippen molar-refractivity contribution in [3.63, 3.8) is 0 Å². The van der Waals surface area contributed by atoms with Crippen LogP contribution in [0.15, 0.2) is 59.5 Å². The van der Waals surface area contributed by atoms with Crippen molar-refractivity contribution >= 4 is 35.0 Å². The van der Waals surface area contributed by atoms with E-state index in [1.54, 1.807) is 24.3 Å². The van der Waals surface area contributed by atoms with Crippen molar-refractivity contribution in [2.24, 2.45) is 0 Å². The molecule has 0 aromatic heterocycles. The highest BCUT2D eigenvalue weighted by Crippen LogP contribution is 2.24. The van der Waals surface area contributed by atoms with Crippen molar-refractivity contribution in [2.75, 3.05) is 10.6 Å². The first-order chi connectivity index (χ1) is 10.5. The van der Waals surface area contributed by atoms with Crippen LogP contribution in [0.3, 0.4) is 0 Å². The summed E-state index contributed by atoms with van der Waals surface area (Å²) in [6.07, 6.45) is 0. The maximum atomic E-state index is 12.2. The fourth-order valence-electron chi connectivity index (χ4n) is 1.88. The van der Waals surface area contributed by atoms with E-state index in [4.69, 9.17) is 0 Å². The third-order valence-corrected chi connectivity index (χ3v) is 3.99. The van der Waals surface area contributed by atoms with Crippen molar-refractivity contribution in [3.8, 4) is 0 Å². The van der Waals surface area contributed by atoms with E-state index in [0.29, 0.717) is 11.4 Å². The standard InChI is InChI=1S/C17H18N2O2S/c1-12(22-16-9-4-3-5-10-16)17(21)19-15-8-6-7-14(11-15)18-13(2)20/h3-12H,1-2H3,(H,18,20)(H,19,21)/t12-/m0/s1. The first kappa shape index (κ1) is 16.1. The zero-order valence-corrected chi connectivity index (χ0v) is 13.3. The van der Waals surface area contributed by atoms with Gasteiger partial charge in [0.1, 0.15) is 0 Å². The molecule has 4 nitrogen and oxygen atoms in total. The second-order valence-electron chi connectivity index (χ2n) is 4.82. The number of hydrogen-bond donors (Lipinski definition) is 2. The van der Waals surface area contributed by atoms with Gasteiger partial charge in [-0.15, -0.1) is 11.8 Å². The van der Waals surface area contributed by atoms with E-state index >= 15 is 0 Å². The van der Waals surface area contributed by atoms with Gasteiger partial charge in [0.15, 0.2) is 0 Å². The van der Waals surface area contributed by atoms with E-state index in [9.17, 15) is 9.59 Å². The summed E-state index contributed by atoms with van der Waals surface area (Å²) in [6.45, 7) is 3.31. The highest BCUT2D eigenvalue weighted by atomic mass is 32.2. The van der Waals surface area contributed by atoms with Crippen molar-refractivity contribution in [3.05, 3.63) is 54.6 Å².